The average molecular weight is 334 g/mol. The van der Waals surface area contributed by atoms with Crippen LogP contribution in [0.3, 0.4) is 0 Å². The Labute approximate surface area is 129 Å². The van der Waals surface area contributed by atoms with Crippen molar-refractivity contribution < 1.29 is 4.74 Å². The summed E-state index contributed by atoms with van der Waals surface area (Å²) < 4.78 is 7.04. The van der Waals surface area contributed by atoms with Crippen molar-refractivity contribution in [2.75, 3.05) is 13.6 Å². The van der Waals surface area contributed by atoms with Crippen LogP contribution in [-0.4, -0.2) is 13.6 Å². The van der Waals surface area contributed by atoms with Crippen LogP contribution in [0.25, 0.3) is 0 Å². The molecule has 3 heteroatoms. The van der Waals surface area contributed by atoms with Crippen LogP contribution in [0.15, 0.2) is 46.9 Å². The summed E-state index contributed by atoms with van der Waals surface area (Å²) in [7, 11) is 1.98. The van der Waals surface area contributed by atoms with Gasteiger partial charge in [-0.2, -0.15) is 0 Å². The van der Waals surface area contributed by atoms with Gasteiger partial charge in [0, 0.05) is 4.47 Å². The van der Waals surface area contributed by atoms with Gasteiger partial charge in [-0.15, -0.1) is 0 Å². The van der Waals surface area contributed by atoms with Crippen LogP contribution < -0.4 is 10.1 Å². The average Bonchev–Trinajstić information content (AvgIpc) is 2.45. The van der Waals surface area contributed by atoms with Gasteiger partial charge >= 0.3 is 0 Å². The topological polar surface area (TPSA) is 21.3 Å². The summed E-state index contributed by atoms with van der Waals surface area (Å²) in [5, 5.41) is 3.19. The number of aryl methyl sites for hydroxylation is 1. The van der Waals surface area contributed by atoms with Gasteiger partial charge in [-0.3, -0.25) is 0 Å². The van der Waals surface area contributed by atoms with Crippen molar-refractivity contribution in [3.8, 4) is 5.75 Å². The summed E-state index contributed by atoms with van der Waals surface area (Å²) in [5.41, 5.74) is 3.74. The van der Waals surface area contributed by atoms with Gasteiger partial charge in [0.1, 0.15) is 12.4 Å². The predicted molar refractivity (Wildman–Crippen MR) is 87.3 cm³/mol. The highest BCUT2D eigenvalue weighted by atomic mass is 79.9. The third-order valence-electron chi connectivity index (χ3n) is 3.28. The Morgan fingerprint density at radius 2 is 1.85 bits per heavy atom. The van der Waals surface area contributed by atoms with Crippen LogP contribution in [0, 0.1) is 6.92 Å². The Balaban J connectivity index is 2.06. The molecule has 0 aliphatic heterocycles. The molecule has 0 amide bonds. The van der Waals surface area contributed by atoms with Crippen LogP contribution in [-0.2, 0) is 13.0 Å². The molecule has 0 saturated carbocycles. The van der Waals surface area contributed by atoms with Crippen molar-refractivity contribution in [3.05, 3.63) is 63.6 Å². The molecule has 1 N–H and O–H groups in total. The lowest BCUT2D eigenvalue weighted by atomic mass is 10.1. The fourth-order valence-electron chi connectivity index (χ4n) is 2.13. The van der Waals surface area contributed by atoms with Gasteiger partial charge in [0.15, 0.2) is 0 Å². The second kappa shape index (κ2) is 7.46. The van der Waals surface area contributed by atoms with E-state index in [0.29, 0.717) is 6.61 Å². The first-order valence-electron chi connectivity index (χ1n) is 6.81. The predicted octanol–water partition coefficient (Wildman–Crippen LogP) is 4.10. The first kappa shape index (κ1) is 15.1. The molecule has 0 saturated heterocycles. The number of benzene rings is 2. The summed E-state index contributed by atoms with van der Waals surface area (Å²) in [6.07, 6.45) is 1.02. The molecule has 0 fully saturated rings. The van der Waals surface area contributed by atoms with Crippen molar-refractivity contribution in [1.82, 2.24) is 5.32 Å². The van der Waals surface area contributed by atoms with E-state index in [-0.39, 0.29) is 0 Å². The van der Waals surface area contributed by atoms with Crippen LogP contribution in [0.1, 0.15) is 16.7 Å². The van der Waals surface area contributed by atoms with E-state index >= 15 is 0 Å². The standard InChI is InChI=1S/C17H20BrNO/c1-13-11-16(18)7-8-17(13)20-12-15-6-4-3-5-14(15)9-10-19-2/h3-8,11,19H,9-10,12H2,1-2H3. The minimum absolute atomic E-state index is 0.613. The van der Waals surface area contributed by atoms with Crippen molar-refractivity contribution >= 4 is 15.9 Å². The number of hydrogen-bond acceptors (Lipinski definition) is 2. The second-order valence-corrected chi connectivity index (χ2v) is 5.74. The Hall–Kier alpha value is -1.32. The third-order valence-corrected chi connectivity index (χ3v) is 3.78. The number of rotatable bonds is 6. The molecule has 0 bridgehead atoms. The molecule has 0 aromatic heterocycles. The Kier molecular flexibility index (Phi) is 5.62. The second-order valence-electron chi connectivity index (χ2n) is 4.82. The minimum Gasteiger partial charge on any atom is -0.489 e. The van der Waals surface area contributed by atoms with E-state index in [1.165, 1.54) is 11.1 Å². The number of nitrogens with one attached hydrogen (secondary N) is 1. The lowest BCUT2D eigenvalue weighted by Crippen LogP contribution is -2.12. The van der Waals surface area contributed by atoms with Crippen molar-refractivity contribution in [1.29, 1.82) is 0 Å². The zero-order valence-electron chi connectivity index (χ0n) is 11.9. The molecule has 2 aromatic rings. The molecule has 0 atom stereocenters. The van der Waals surface area contributed by atoms with Gasteiger partial charge in [0.25, 0.3) is 0 Å². The van der Waals surface area contributed by atoms with E-state index in [1.54, 1.807) is 0 Å². The Bertz CT molecular complexity index is 569. The lowest BCUT2D eigenvalue weighted by molar-refractivity contribution is 0.303. The highest BCUT2D eigenvalue weighted by Crippen LogP contribution is 2.23. The molecular weight excluding hydrogens is 314 g/mol. The maximum Gasteiger partial charge on any atom is 0.122 e. The van der Waals surface area contributed by atoms with Crippen molar-refractivity contribution in [2.24, 2.45) is 0 Å². The number of halogens is 1. The molecule has 20 heavy (non-hydrogen) atoms. The maximum absolute atomic E-state index is 5.96. The summed E-state index contributed by atoms with van der Waals surface area (Å²) in [5.74, 6) is 0.941. The SMILES string of the molecule is CNCCc1ccccc1COc1ccc(Br)cc1C. The van der Waals surface area contributed by atoms with Crippen molar-refractivity contribution in [2.45, 2.75) is 20.0 Å². The van der Waals surface area contributed by atoms with E-state index in [4.69, 9.17) is 4.74 Å². The summed E-state index contributed by atoms with van der Waals surface area (Å²) >= 11 is 3.47. The molecule has 0 spiro atoms. The van der Waals surface area contributed by atoms with Crippen LogP contribution in [0.5, 0.6) is 5.75 Å². The molecule has 2 nitrogen and oxygen atoms in total. The Morgan fingerprint density at radius 1 is 1.10 bits per heavy atom. The monoisotopic (exact) mass is 333 g/mol. The molecule has 0 heterocycles. The van der Waals surface area contributed by atoms with Gasteiger partial charge in [-0.25, -0.2) is 0 Å². The smallest absolute Gasteiger partial charge is 0.122 e. The zero-order valence-corrected chi connectivity index (χ0v) is 13.5. The molecule has 2 aromatic carbocycles. The lowest BCUT2D eigenvalue weighted by Gasteiger charge is -2.12. The van der Waals surface area contributed by atoms with Gasteiger partial charge in [0.2, 0.25) is 0 Å². The first-order chi connectivity index (χ1) is 9.70. The quantitative estimate of drug-likeness (QED) is 0.859. The first-order valence-corrected chi connectivity index (χ1v) is 7.60. The highest BCUT2D eigenvalue weighted by molar-refractivity contribution is 9.10. The van der Waals surface area contributed by atoms with Gasteiger partial charge in [0.05, 0.1) is 0 Å². The van der Waals surface area contributed by atoms with Crippen LogP contribution >= 0.6 is 15.9 Å². The fourth-order valence-corrected chi connectivity index (χ4v) is 2.61. The number of ether oxygens (including phenoxy) is 1. The van der Waals surface area contributed by atoms with Crippen LogP contribution in [0.2, 0.25) is 0 Å². The fraction of sp³-hybridized carbons (Fsp3) is 0.294. The number of likely N-dealkylation sites (N-methyl/N-ethyl adjacent to an activating group) is 1. The Morgan fingerprint density at radius 3 is 2.55 bits per heavy atom. The molecule has 0 radical (unpaired) electrons. The van der Waals surface area contributed by atoms with E-state index in [2.05, 4.69) is 58.5 Å². The molecule has 0 aliphatic rings. The summed E-state index contributed by atoms with van der Waals surface area (Å²) in [6.45, 7) is 3.66. The number of hydrogen-bond donors (Lipinski definition) is 1. The minimum atomic E-state index is 0.613. The summed E-state index contributed by atoms with van der Waals surface area (Å²) in [4.78, 5) is 0. The van der Waals surface area contributed by atoms with Crippen molar-refractivity contribution in [3.63, 3.8) is 0 Å². The molecule has 0 unspecified atom stereocenters. The highest BCUT2D eigenvalue weighted by Gasteiger charge is 2.04. The van der Waals surface area contributed by atoms with E-state index < -0.39 is 0 Å². The van der Waals surface area contributed by atoms with E-state index in [1.807, 2.05) is 19.2 Å². The molecule has 2 rings (SSSR count). The van der Waals surface area contributed by atoms with E-state index in [0.717, 1.165) is 28.8 Å². The molecule has 0 aliphatic carbocycles. The van der Waals surface area contributed by atoms with E-state index in [9.17, 15) is 0 Å². The normalized spacial score (nSPS) is 10.6. The van der Waals surface area contributed by atoms with Gasteiger partial charge < -0.3 is 10.1 Å². The molecule has 106 valence electrons. The summed E-state index contributed by atoms with van der Waals surface area (Å²) in [6, 6.07) is 14.5. The van der Waals surface area contributed by atoms with Crippen LogP contribution in [0.4, 0.5) is 0 Å². The van der Waals surface area contributed by atoms with Gasteiger partial charge in [-0.1, -0.05) is 40.2 Å². The van der Waals surface area contributed by atoms with Gasteiger partial charge in [-0.05, 0) is 61.8 Å². The maximum atomic E-state index is 5.96. The zero-order chi connectivity index (χ0) is 14.4. The molecular formula is C17H20BrNO. The largest absolute Gasteiger partial charge is 0.489 e. The third kappa shape index (κ3) is 4.09.